The molecule has 3 aliphatic heterocycles. The average Bonchev–Trinajstić information content (AvgIpc) is 3.59. The molecule has 1 fully saturated rings. The Morgan fingerprint density at radius 1 is 1.00 bits per heavy atom. The molecule has 0 saturated heterocycles. The van der Waals surface area contributed by atoms with Crippen molar-refractivity contribution in [1.82, 2.24) is 0 Å². The van der Waals surface area contributed by atoms with Gasteiger partial charge in [-0.1, -0.05) is 25.7 Å². The number of fused-ring (bicyclic) bond motifs is 2. The number of carbonyl (C=O) groups is 1. The van der Waals surface area contributed by atoms with Gasteiger partial charge < -0.3 is 33.5 Å². The van der Waals surface area contributed by atoms with Crippen molar-refractivity contribution in [3.63, 3.8) is 0 Å². The molecule has 0 amide bonds. The van der Waals surface area contributed by atoms with Crippen molar-refractivity contribution in [2.24, 2.45) is 5.92 Å². The van der Waals surface area contributed by atoms with Gasteiger partial charge in [0, 0.05) is 11.1 Å². The quantitative estimate of drug-likeness (QED) is 0.663. The molecule has 4 aliphatic rings. The molecule has 1 N–H and O–H groups in total. The smallest absolute Gasteiger partial charge is 0.341 e. The van der Waals surface area contributed by atoms with Gasteiger partial charge in [0.1, 0.15) is 13.2 Å². The van der Waals surface area contributed by atoms with Gasteiger partial charge in [-0.2, -0.15) is 0 Å². The Hall–Kier alpha value is -3.39. The second-order valence-electron chi connectivity index (χ2n) is 9.01. The molecule has 0 aromatic heterocycles. The van der Waals surface area contributed by atoms with Crippen LogP contribution in [0.4, 0.5) is 0 Å². The van der Waals surface area contributed by atoms with E-state index in [0.717, 1.165) is 25.7 Å². The maximum Gasteiger partial charge on any atom is 0.341 e. The minimum atomic E-state index is -1.91. The summed E-state index contributed by atoms with van der Waals surface area (Å²) in [5.74, 6) is 0.429. The maximum atomic E-state index is 13.3. The number of ether oxygens (including phenoxy) is 6. The van der Waals surface area contributed by atoms with E-state index in [9.17, 15) is 9.90 Å². The highest BCUT2D eigenvalue weighted by atomic mass is 16.7. The number of aliphatic hydroxyl groups is 1. The number of cyclic esters (lactones) is 1. The highest BCUT2D eigenvalue weighted by molar-refractivity contribution is 6.20. The second kappa shape index (κ2) is 8.13. The van der Waals surface area contributed by atoms with Crippen LogP contribution in [0.1, 0.15) is 43.2 Å². The molecule has 34 heavy (non-hydrogen) atoms. The van der Waals surface area contributed by atoms with Gasteiger partial charge in [0.05, 0.1) is 12.7 Å². The van der Waals surface area contributed by atoms with Crippen molar-refractivity contribution in [1.29, 1.82) is 0 Å². The highest BCUT2D eigenvalue weighted by Crippen LogP contribution is 2.51. The minimum absolute atomic E-state index is 0.0781. The average molecular weight is 466 g/mol. The Labute approximate surface area is 197 Å². The number of hydrogen-bond donors (Lipinski definition) is 1. The minimum Gasteiger partial charge on any atom is -0.493 e. The number of carbonyl (C=O) groups excluding carboxylic acids is 1. The number of methoxy groups -OCH3 is 1. The molecule has 8 nitrogen and oxygen atoms in total. The molecule has 8 heteroatoms. The summed E-state index contributed by atoms with van der Waals surface area (Å²) < 4.78 is 33.7. The normalized spacial score (nSPS) is 23.4. The van der Waals surface area contributed by atoms with Gasteiger partial charge in [-0.25, -0.2) is 4.79 Å². The molecular weight excluding hydrogens is 440 g/mol. The summed E-state index contributed by atoms with van der Waals surface area (Å²) in [6.07, 6.45) is 4.92. The summed E-state index contributed by atoms with van der Waals surface area (Å²) in [6.45, 7) is 0.963. The lowest BCUT2D eigenvalue weighted by atomic mass is 9.85. The molecule has 0 radical (unpaired) electrons. The van der Waals surface area contributed by atoms with Gasteiger partial charge in [0.2, 0.25) is 12.5 Å². The Morgan fingerprint density at radius 2 is 1.79 bits per heavy atom. The lowest BCUT2D eigenvalue weighted by molar-refractivity contribution is -0.185. The first-order valence-electron chi connectivity index (χ1n) is 11.6. The van der Waals surface area contributed by atoms with Crippen LogP contribution >= 0.6 is 0 Å². The fourth-order valence-electron chi connectivity index (χ4n) is 5.34. The van der Waals surface area contributed by atoms with Crippen LogP contribution in [0.5, 0.6) is 28.7 Å². The molecule has 2 aromatic carbocycles. The van der Waals surface area contributed by atoms with Crippen molar-refractivity contribution >= 4 is 11.5 Å². The zero-order valence-corrected chi connectivity index (χ0v) is 18.9. The second-order valence-corrected chi connectivity index (χ2v) is 9.01. The molecule has 1 saturated carbocycles. The largest absolute Gasteiger partial charge is 0.493 e. The number of benzene rings is 2. The Balaban J connectivity index is 1.50. The van der Waals surface area contributed by atoms with Crippen molar-refractivity contribution < 1.29 is 38.3 Å². The molecule has 6 rings (SSSR count). The van der Waals surface area contributed by atoms with E-state index >= 15 is 0 Å². The van der Waals surface area contributed by atoms with E-state index in [2.05, 4.69) is 0 Å². The number of esters is 1. The zero-order valence-electron chi connectivity index (χ0n) is 18.9. The molecule has 1 unspecified atom stereocenters. The summed E-state index contributed by atoms with van der Waals surface area (Å²) in [5, 5.41) is 11.9. The van der Waals surface area contributed by atoms with E-state index in [1.54, 1.807) is 30.3 Å². The van der Waals surface area contributed by atoms with Crippen molar-refractivity contribution in [3.8, 4) is 28.7 Å². The van der Waals surface area contributed by atoms with Crippen LogP contribution in [0.15, 0.2) is 35.9 Å². The highest BCUT2D eigenvalue weighted by Gasteiger charge is 2.49. The molecule has 178 valence electrons. The molecular formula is C26H26O8. The van der Waals surface area contributed by atoms with Crippen LogP contribution in [0.3, 0.4) is 0 Å². The lowest BCUT2D eigenvalue weighted by Gasteiger charge is -2.28. The summed E-state index contributed by atoms with van der Waals surface area (Å²) in [6, 6.07) is 8.63. The van der Waals surface area contributed by atoms with Gasteiger partial charge in [-0.3, -0.25) is 0 Å². The van der Waals surface area contributed by atoms with E-state index < -0.39 is 11.8 Å². The molecule has 1 atom stereocenters. The Kier molecular flexibility index (Phi) is 5.06. The number of hydrogen-bond acceptors (Lipinski definition) is 8. The molecule has 0 bridgehead atoms. The van der Waals surface area contributed by atoms with Crippen LogP contribution in [0, 0.1) is 5.92 Å². The van der Waals surface area contributed by atoms with Crippen LogP contribution in [-0.4, -0.2) is 38.2 Å². The van der Waals surface area contributed by atoms with Gasteiger partial charge in [-0.05, 0) is 48.2 Å². The Morgan fingerprint density at radius 3 is 2.59 bits per heavy atom. The molecule has 2 aromatic rings. The molecule has 0 spiro atoms. The summed E-state index contributed by atoms with van der Waals surface area (Å²) >= 11 is 0. The monoisotopic (exact) mass is 466 g/mol. The maximum absolute atomic E-state index is 13.3. The molecule has 1 aliphatic carbocycles. The predicted molar refractivity (Wildman–Crippen MR) is 120 cm³/mol. The van der Waals surface area contributed by atoms with Crippen LogP contribution in [0.2, 0.25) is 0 Å². The van der Waals surface area contributed by atoms with Gasteiger partial charge >= 0.3 is 5.97 Å². The van der Waals surface area contributed by atoms with E-state index in [1.807, 2.05) is 0 Å². The van der Waals surface area contributed by atoms with Gasteiger partial charge in [-0.15, -0.1) is 0 Å². The fraction of sp³-hybridized carbons (Fsp3) is 0.423. The van der Waals surface area contributed by atoms with E-state index in [1.165, 1.54) is 7.11 Å². The van der Waals surface area contributed by atoms with Gasteiger partial charge in [0.15, 0.2) is 23.0 Å². The van der Waals surface area contributed by atoms with Crippen molar-refractivity contribution in [3.05, 3.63) is 47.0 Å². The predicted octanol–water partition coefficient (Wildman–Crippen LogP) is 3.93. The summed E-state index contributed by atoms with van der Waals surface area (Å²) in [7, 11) is 1.54. The lowest BCUT2D eigenvalue weighted by Crippen LogP contribution is -2.30. The standard InChI is InChI=1S/C26H26O8/c1-29-21-11-16(12-22-24(21)33-14-32-22)23-18(10-15-4-2-3-5-15)26(28,34-25(23)27)17-6-7-19-20(13-17)31-9-8-30-19/h6-7,11-13,15,28H,2-5,8-10,14H2,1H3. The third kappa shape index (κ3) is 3.36. The van der Waals surface area contributed by atoms with Crippen molar-refractivity contribution in [2.45, 2.75) is 37.9 Å². The third-order valence-electron chi connectivity index (χ3n) is 7.00. The zero-order chi connectivity index (χ0) is 23.3. The topological polar surface area (TPSA) is 92.7 Å². The van der Waals surface area contributed by atoms with Crippen molar-refractivity contribution in [2.75, 3.05) is 27.1 Å². The SMILES string of the molecule is COc1cc(C2=C(CC3CCCC3)C(O)(c3ccc4c(c3)OCCO4)OC2=O)cc2c1OCO2. The third-order valence-corrected chi connectivity index (χ3v) is 7.00. The first-order chi connectivity index (χ1) is 16.6. The summed E-state index contributed by atoms with van der Waals surface area (Å²) in [5.41, 5.74) is 1.87. The van der Waals surface area contributed by atoms with E-state index in [-0.39, 0.29) is 6.79 Å². The number of rotatable bonds is 5. The van der Waals surface area contributed by atoms with Crippen LogP contribution < -0.4 is 23.7 Å². The Bertz CT molecular complexity index is 1180. The van der Waals surface area contributed by atoms with E-state index in [4.69, 9.17) is 28.4 Å². The first-order valence-corrected chi connectivity index (χ1v) is 11.6. The van der Waals surface area contributed by atoms with Crippen LogP contribution in [0.25, 0.3) is 5.57 Å². The molecule has 3 heterocycles. The first kappa shape index (κ1) is 21.2. The van der Waals surface area contributed by atoms with Gasteiger partial charge in [0.25, 0.3) is 5.79 Å². The van der Waals surface area contributed by atoms with E-state index in [0.29, 0.717) is 76.6 Å². The van der Waals surface area contributed by atoms with Crippen LogP contribution in [-0.2, 0) is 15.3 Å². The summed E-state index contributed by atoms with van der Waals surface area (Å²) in [4.78, 5) is 13.3. The fourth-order valence-corrected chi connectivity index (χ4v) is 5.34.